The maximum Gasteiger partial charge on any atom is 0.169 e. The molecule has 0 fully saturated rings. The Labute approximate surface area is 129 Å². The average Bonchev–Trinajstić information content (AvgIpc) is 2.87. The van der Waals surface area contributed by atoms with Crippen LogP contribution in [0.4, 0.5) is 4.39 Å². The van der Waals surface area contributed by atoms with Crippen molar-refractivity contribution in [1.82, 2.24) is 0 Å². The van der Waals surface area contributed by atoms with Crippen molar-refractivity contribution in [2.45, 2.75) is 13.0 Å². The van der Waals surface area contributed by atoms with Gasteiger partial charge in [-0.15, -0.1) is 0 Å². The van der Waals surface area contributed by atoms with Crippen LogP contribution in [0.25, 0.3) is 11.0 Å². The SMILES string of the molecule is Cc1cccc(C(N)c2cc3cccc(F)c3o2)c1I. The average molecular weight is 381 g/mol. The molecule has 0 aliphatic carbocycles. The number of hydrogen-bond acceptors (Lipinski definition) is 2. The third kappa shape index (κ3) is 2.23. The normalized spacial score (nSPS) is 12.8. The van der Waals surface area contributed by atoms with Crippen molar-refractivity contribution in [3.63, 3.8) is 0 Å². The summed E-state index contributed by atoms with van der Waals surface area (Å²) in [5, 5.41) is 0.734. The van der Waals surface area contributed by atoms with Crippen molar-refractivity contribution in [2.75, 3.05) is 0 Å². The fraction of sp³-hybridized carbons (Fsp3) is 0.125. The van der Waals surface area contributed by atoms with E-state index in [1.165, 1.54) is 11.6 Å². The van der Waals surface area contributed by atoms with Crippen LogP contribution in [0.5, 0.6) is 0 Å². The van der Waals surface area contributed by atoms with Crippen molar-refractivity contribution in [2.24, 2.45) is 5.73 Å². The molecule has 1 unspecified atom stereocenters. The van der Waals surface area contributed by atoms with Crippen molar-refractivity contribution in [1.29, 1.82) is 0 Å². The Hall–Kier alpha value is -1.40. The van der Waals surface area contributed by atoms with Crippen LogP contribution in [0.15, 0.2) is 46.9 Å². The molecule has 4 heteroatoms. The molecule has 3 aromatic rings. The highest BCUT2D eigenvalue weighted by Crippen LogP contribution is 2.31. The van der Waals surface area contributed by atoms with E-state index in [1.807, 2.05) is 37.3 Å². The Morgan fingerprint density at radius 3 is 2.70 bits per heavy atom. The maximum absolute atomic E-state index is 13.7. The number of rotatable bonds is 2. The van der Waals surface area contributed by atoms with Crippen molar-refractivity contribution < 1.29 is 8.81 Å². The van der Waals surface area contributed by atoms with Gasteiger partial charge in [-0.1, -0.05) is 30.3 Å². The zero-order chi connectivity index (χ0) is 14.3. The highest BCUT2D eigenvalue weighted by Gasteiger charge is 2.18. The van der Waals surface area contributed by atoms with Gasteiger partial charge in [0.2, 0.25) is 0 Å². The quantitative estimate of drug-likeness (QED) is 0.663. The first-order valence-electron chi connectivity index (χ1n) is 6.26. The molecule has 3 rings (SSSR count). The van der Waals surface area contributed by atoms with Gasteiger partial charge >= 0.3 is 0 Å². The molecule has 0 aliphatic rings. The lowest BCUT2D eigenvalue weighted by molar-refractivity contribution is 0.501. The maximum atomic E-state index is 13.7. The van der Waals surface area contributed by atoms with Crippen molar-refractivity contribution in [3.8, 4) is 0 Å². The molecule has 1 heterocycles. The molecule has 0 aliphatic heterocycles. The number of aryl methyl sites for hydroxylation is 1. The second-order valence-corrected chi connectivity index (χ2v) is 5.84. The van der Waals surface area contributed by atoms with Gasteiger partial charge in [-0.25, -0.2) is 4.39 Å². The summed E-state index contributed by atoms with van der Waals surface area (Å²) in [6.07, 6.45) is 0. The molecular weight excluding hydrogens is 368 g/mol. The minimum atomic E-state index is -0.395. The highest BCUT2D eigenvalue weighted by atomic mass is 127. The molecule has 0 amide bonds. The summed E-state index contributed by atoms with van der Waals surface area (Å²) in [7, 11) is 0. The molecule has 0 bridgehead atoms. The van der Waals surface area contributed by atoms with Gasteiger partial charge in [0.05, 0.1) is 6.04 Å². The van der Waals surface area contributed by atoms with Gasteiger partial charge in [0.1, 0.15) is 5.76 Å². The summed E-state index contributed by atoms with van der Waals surface area (Å²) in [5.41, 5.74) is 8.70. The number of furan rings is 1. The van der Waals surface area contributed by atoms with Gasteiger partial charge in [0.25, 0.3) is 0 Å². The summed E-state index contributed by atoms with van der Waals surface area (Å²) >= 11 is 2.28. The van der Waals surface area contributed by atoms with Crippen molar-refractivity contribution >= 4 is 33.6 Å². The fourth-order valence-electron chi connectivity index (χ4n) is 2.26. The molecule has 1 aromatic heterocycles. The van der Waals surface area contributed by atoms with Gasteiger partial charge in [0.15, 0.2) is 11.4 Å². The minimum absolute atomic E-state index is 0.264. The molecule has 2 aromatic carbocycles. The van der Waals surface area contributed by atoms with Gasteiger partial charge in [-0.05, 0) is 52.8 Å². The molecule has 0 saturated carbocycles. The smallest absolute Gasteiger partial charge is 0.169 e. The predicted octanol–water partition coefficient (Wildman–Crippen LogP) is 4.53. The zero-order valence-electron chi connectivity index (χ0n) is 10.9. The van der Waals surface area contributed by atoms with E-state index >= 15 is 0 Å². The summed E-state index contributed by atoms with van der Waals surface area (Å²) < 4.78 is 20.4. The number of benzene rings is 2. The van der Waals surface area contributed by atoms with E-state index in [9.17, 15) is 4.39 Å². The van der Waals surface area contributed by atoms with Crippen molar-refractivity contribution in [3.05, 3.63) is 68.7 Å². The van der Waals surface area contributed by atoms with E-state index < -0.39 is 6.04 Å². The van der Waals surface area contributed by atoms with Crippen LogP contribution in [0, 0.1) is 16.3 Å². The number of fused-ring (bicyclic) bond motifs is 1. The van der Waals surface area contributed by atoms with E-state index in [2.05, 4.69) is 22.6 Å². The summed E-state index contributed by atoms with van der Waals surface area (Å²) in [6, 6.07) is 12.3. The number of hydrogen-bond donors (Lipinski definition) is 1. The van der Waals surface area contributed by atoms with Gasteiger partial charge in [0, 0.05) is 8.96 Å². The Morgan fingerprint density at radius 2 is 1.95 bits per heavy atom. The third-order valence-electron chi connectivity index (χ3n) is 3.38. The fourth-order valence-corrected chi connectivity index (χ4v) is 2.96. The van der Waals surface area contributed by atoms with E-state index in [-0.39, 0.29) is 11.4 Å². The van der Waals surface area contributed by atoms with Gasteiger partial charge in [-0.3, -0.25) is 0 Å². The van der Waals surface area contributed by atoms with Crippen LogP contribution >= 0.6 is 22.6 Å². The number of nitrogens with two attached hydrogens (primary N) is 1. The van der Waals surface area contributed by atoms with E-state index in [1.54, 1.807) is 6.07 Å². The van der Waals surface area contributed by atoms with Gasteiger partial charge < -0.3 is 10.2 Å². The standard InChI is InChI=1S/C16H13FINO/c1-9-4-2-6-11(14(9)18)15(19)13-8-10-5-3-7-12(17)16(10)20-13/h2-8,15H,19H2,1H3. The Morgan fingerprint density at radius 1 is 1.20 bits per heavy atom. The van der Waals surface area contributed by atoms with Crippen LogP contribution in [-0.4, -0.2) is 0 Å². The number of halogens is 2. The van der Waals surface area contributed by atoms with E-state index in [0.29, 0.717) is 5.76 Å². The summed E-state index contributed by atoms with van der Waals surface area (Å²) in [6.45, 7) is 2.04. The first kappa shape index (κ1) is 13.6. The topological polar surface area (TPSA) is 39.2 Å². The lowest BCUT2D eigenvalue weighted by atomic mass is 10.0. The largest absolute Gasteiger partial charge is 0.456 e. The van der Waals surface area contributed by atoms with E-state index in [4.69, 9.17) is 10.2 Å². The third-order valence-corrected chi connectivity index (χ3v) is 4.85. The lowest BCUT2D eigenvalue weighted by Crippen LogP contribution is -2.12. The zero-order valence-corrected chi connectivity index (χ0v) is 13.0. The van der Waals surface area contributed by atoms with Crippen LogP contribution < -0.4 is 5.73 Å². The molecule has 2 N–H and O–H groups in total. The van der Waals surface area contributed by atoms with Crippen LogP contribution in [-0.2, 0) is 0 Å². The van der Waals surface area contributed by atoms with Crippen LogP contribution in [0.1, 0.15) is 22.9 Å². The molecule has 0 saturated heterocycles. The summed E-state index contributed by atoms with van der Waals surface area (Å²) in [5.74, 6) is 0.216. The Kier molecular flexibility index (Phi) is 3.52. The number of para-hydroxylation sites is 1. The second kappa shape index (κ2) is 5.18. The molecule has 0 radical (unpaired) electrons. The first-order chi connectivity index (χ1) is 9.58. The molecule has 0 spiro atoms. The molecule has 102 valence electrons. The predicted molar refractivity (Wildman–Crippen MR) is 86.1 cm³/mol. The van der Waals surface area contributed by atoms with Crippen LogP contribution in [0.3, 0.4) is 0 Å². The van der Waals surface area contributed by atoms with E-state index in [0.717, 1.165) is 14.5 Å². The molecular formula is C16H13FINO. The monoisotopic (exact) mass is 381 g/mol. The second-order valence-electron chi connectivity index (χ2n) is 4.76. The molecule has 2 nitrogen and oxygen atoms in total. The Balaban J connectivity index is 2.10. The summed E-state index contributed by atoms with van der Waals surface area (Å²) in [4.78, 5) is 0. The molecule has 20 heavy (non-hydrogen) atoms. The first-order valence-corrected chi connectivity index (χ1v) is 7.34. The van der Waals surface area contributed by atoms with Crippen LogP contribution in [0.2, 0.25) is 0 Å². The Bertz CT molecular complexity index is 781. The lowest BCUT2D eigenvalue weighted by Gasteiger charge is -2.12. The molecule has 1 atom stereocenters. The highest BCUT2D eigenvalue weighted by molar-refractivity contribution is 14.1. The minimum Gasteiger partial charge on any atom is -0.456 e. The van der Waals surface area contributed by atoms with Gasteiger partial charge in [-0.2, -0.15) is 0 Å².